The molecule has 1 aliphatic carbocycles. The normalized spacial score (nSPS) is 17.4. The number of rotatable bonds is 5. The van der Waals surface area contributed by atoms with Crippen LogP contribution in [0, 0.1) is 12.8 Å². The van der Waals surface area contributed by atoms with Gasteiger partial charge in [0.2, 0.25) is 0 Å². The zero-order chi connectivity index (χ0) is 11.5. The number of nitrogens with one attached hydrogen (secondary N) is 1. The lowest BCUT2D eigenvalue weighted by atomic mass is 9.97. The molecule has 2 rings (SSSR count). The van der Waals surface area contributed by atoms with E-state index < -0.39 is 0 Å². The van der Waals surface area contributed by atoms with E-state index in [1.807, 2.05) is 12.1 Å². The van der Waals surface area contributed by atoms with Crippen LogP contribution in [0.4, 0.5) is 0 Å². The standard InChI is InChI=1S/C13H19ClN2/c1-9-2-6-11(14)8-12(9)13(16-15)7-5-10-3-4-10/h2,6,8,10,13,16H,3-5,7,15H2,1H3. The summed E-state index contributed by atoms with van der Waals surface area (Å²) >= 11 is 6.02. The summed E-state index contributed by atoms with van der Waals surface area (Å²) in [5.41, 5.74) is 5.40. The lowest BCUT2D eigenvalue weighted by Gasteiger charge is -2.18. The molecule has 0 spiro atoms. The number of nitrogens with two attached hydrogens (primary N) is 1. The van der Waals surface area contributed by atoms with E-state index in [2.05, 4.69) is 18.4 Å². The molecule has 3 heteroatoms. The average Bonchev–Trinajstić information content (AvgIpc) is 3.07. The summed E-state index contributed by atoms with van der Waals surface area (Å²) in [5.74, 6) is 6.58. The summed E-state index contributed by atoms with van der Waals surface area (Å²) in [4.78, 5) is 0. The lowest BCUT2D eigenvalue weighted by molar-refractivity contribution is 0.480. The molecule has 1 saturated carbocycles. The Hall–Kier alpha value is -0.570. The van der Waals surface area contributed by atoms with Gasteiger partial charge in [-0.3, -0.25) is 11.3 Å². The van der Waals surface area contributed by atoms with Crippen LogP contribution in [0.5, 0.6) is 0 Å². The molecule has 88 valence electrons. The fourth-order valence-corrected chi connectivity index (χ4v) is 2.30. The Morgan fingerprint density at radius 3 is 2.88 bits per heavy atom. The molecular formula is C13H19ClN2. The van der Waals surface area contributed by atoms with Crippen molar-refractivity contribution in [1.82, 2.24) is 5.43 Å². The molecule has 0 aromatic heterocycles. The van der Waals surface area contributed by atoms with Crippen LogP contribution in [0.3, 0.4) is 0 Å². The molecule has 1 aliphatic rings. The third-order valence-electron chi connectivity index (χ3n) is 3.38. The molecule has 1 aromatic carbocycles. The van der Waals surface area contributed by atoms with Gasteiger partial charge < -0.3 is 0 Å². The minimum Gasteiger partial charge on any atom is -0.271 e. The van der Waals surface area contributed by atoms with Crippen molar-refractivity contribution < 1.29 is 0 Å². The molecule has 0 aliphatic heterocycles. The van der Waals surface area contributed by atoms with Crippen LogP contribution in [-0.4, -0.2) is 0 Å². The number of halogens is 1. The van der Waals surface area contributed by atoms with Crippen LogP contribution in [0.25, 0.3) is 0 Å². The second-order valence-corrected chi connectivity index (χ2v) is 5.18. The van der Waals surface area contributed by atoms with Crippen molar-refractivity contribution in [2.24, 2.45) is 11.8 Å². The molecule has 0 saturated heterocycles. The molecule has 0 radical (unpaired) electrons. The van der Waals surface area contributed by atoms with Gasteiger partial charge in [-0.15, -0.1) is 0 Å². The third kappa shape index (κ3) is 2.97. The van der Waals surface area contributed by atoms with Gasteiger partial charge in [-0.1, -0.05) is 30.5 Å². The Labute approximate surface area is 102 Å². The second-order valence-electron chi connectivity index (χ2n) is 4.74. The first-order valence-electron chi connectivity index (χ1n) is 5.93. The lowest BCUT2D eigenvalue weighted by Crippen LogP contribution is -2.28. The fraction of sp³-hybridized carbons (Fsp3) is 0.538. The van der Waals surface area contributed by atoms with Gasteiger partial charge in [0, 0.05) is 11.1 Å². The first-order valence-corrected chi connectivity index (χ1v) is 6.30. The van der Waals surface area contributed by atoms with Gasteiger partial charge in [-0.2, -0.15) is 0 Å². The summed E-state index contributed by atoms with van der Waals surface area (Å²) < 4.78 is 0. The molecule has 16 heavy (non-hydrogen) atoms. The van der Waals surface area contributed by atoms with E-state index in [4.69, 9.17) is 17.4 Å². The number of hydrogen-bond acceptors (Lipinski definition) is 2. The Kier molecular flexibility index (Phi) is 3.85. The highest BCUT2D eigenvalue weighted by Crippen LogP contribution is 2.36. The average molecular weight is 239 g/mol. The highest BCUT2D eigenvalue weighted by Gasteiger charge is 2.23. The van der Waals surface area contributed by atoms with E-state index in [0.717, 1.165) is 17.4 Å². The largest absolute Gasteiger partial charge is 0.271 e. The van der Waals surface area contributed by atoms with E-state index in [1.165, 1.54) is 30.4 Å². The maximum atomic E-state index is 6.02. The second kappa shape index (κ2) is 5.17. The van der Waals surface area contributed by atoms with Crippen molar-refractivity contribution in [3.63, 3.8) is 0 Å². The van der Waals surface area contributed by atoms with Crippen molar-refractivity contribution in [3.8, 4) is 0 Å². The Bertz CT molecular complexity index is 361. The number of benzene rings is 1. The molecule has 1 unspecified atom stereocenters. The molecule has 2 nitrogen and oxygen atoms in total. The molecular weight excluding hydrogens is 220 g/mol. The highest BCUT2D eigenvalue weighted by molar-refractivity contribution is 6.30. The maximum absolute atomic E-state index is 6.02. The molecule has 1 atom stereocenters. The Balaban J connectivity index is 2.07. The predicted molar refractivity (Wildman–Crippen MR) is 68.2 cm³/mol. The Morgan fingerprint density at radius 2 is 2.25 bits per heavy atom. The smallest absolute Gasteiger partial charge is 0.0463 e. The zero-order valence-corrected chi connectivity index (χ0v) is 10.4. The summed E-state index contributed by atoms with van der Waals surface area (Å²) in [6.07, 6.45) is 5.15. The minimum absolute atomic E-state index is 0.235. The van der Waals surface area contributed by atoms with E-state index in [1.54, 1.807) is 0 Å². The Morgan fingerprint density at radius 1 is 1.50 bits per heavy atom. The van der Waals surface area contributed by atoms with Gasteiger partial charge in [0.05, 0.1) is 0 Å². The quantitative estimate of drug-likeness (QED) is 0.610. The summed E-state index contributed by atoms with van der Waals surface area (Å²) in [7, 11) is 0. The van der Waals surface area contributed by atoms with E-state index in [0.29, 0.717) is 0 Å². The monoisotopic (exact) mass is 238 g/mol. The SMILES string of the molecule is Cc1ccc(Cl)cc1C(CCC1CC1)NN. The molecule has 0 heterocycles. The molecule has 0 amide bonds. The van der Waals surface area contributed by atoms with Crippen LogP contribution >= 0.6 is 11.6 Å². The van der Waals surface area contributed by atoms with E-state index in [9.17, 15) is 0 Å². The maximum Gasteiger partial charge on any atom is 0.0463 e. The van der Waals surface area contributed by atoms with Crippen LogP contribution in [-0.2, 0) is 0 Å². The van der Waals surface area contributed by atoms with Crippen molar-refractivity contribution in [2.45, 2.75) is 38.6 Å². The van der Waals surface area contributed by atoms with Gasteiger partial charge >= 0.3 is 0 Å². The summed E-state index contributed by atoms with van der Waals surface area (Å²) in [6.45, 7) is 2.10. The van der Waals surface area contributed by atoms with Crippen molar-refractivity contribution in [2.75, 3.05) is 0 Å². The molecule has 1 aromatic rings. The van der Waals surface area contributed by atoms with Gasteiger partial charge in [-0.25, -0.2) is 0 Å². The van der Waals surface area contributed by atoms with Gasteiger partial charge in [0.25, 0.3) is 0 Å². The van der Waals surface area contributed by atoms with Crippen LogP contribution in [0.2, 0.25) is 5.02 Å². The first kappa shape index (κ1) is 11.9. The number of aryl methyl sites for hydroxylation is 1. The van der Waals surface area contributed by atoms with Crippen molar-refractivity contribution >= 4 is 11.6 Å². The van der Waals surface area contributed by atoms with E-state index >= 15 is 0 Å². The van der Waals surface area contributed by atoms with E-state index in [-0.39, 0.29) is 6.04 Å². The summed E-state index contributed by atoms with van der Waals surface area (Å²) in [5, 5.41) is 0.785. The predicted octanol–water partition coefficient (Wildman–Crippen LogP) is 3.34. The zero-order valence-electron chi connectivity index (χ0n) is 9.67. The fourth-order valence-electron chi connectivity index (χ4n) is 2.12. The highest BCUT2D eigenvalue weighted by atomic mass is 35.5. The molecule has 1 fully saturated rings. The minimum atomic E-state index is 0.235. The van der Waals surface area contributed by atoms with Gasteiger partial charge in [0.1, 0.15) is 0 Å². The van der Waals surface area contributed by atoms with Gasteiger partial charge in [0.15, 0.2) is 0 Å². The topological polar surface area (TPSA) is 38.0 Å². The molecule has 0 bridgehead atoms. The summed E-state index contributed by atoms with van der Waals surface area (Å²) in [6, 6.07) is 6.24. The number of hydrazine groups is 1. The van der Waals surface area contributed by atoms with Crippen molar-refractivity contribution in [3.05, 3.63) is 34.3 Å². The van der Waals surface area contributed by atoms with Crippen LogP contribution in [0.1, 0.15) is 42.9 Å². The van der Waals surface area contributed by atoms with Crippen LogP contribution < -0.4 is 11.3 Å². The third-order valence-corrected chi connectivity index (χ3v) is 3.61. The van der Waals surface area contributed by atoms with Gasteiger partial charge in [-0.05, 0) is 48.9 Å². The molecule has 3 N–H and O–H groups in total. The van der Waals surface area contributed by atoms with Crippen LogP contribution in [0.15, 0.2) is 18.2 Å². The first-order chi connectivity index (χ1) is 7.70. The number of hydrogen-bond donors (Lipinski definition) is 2. The van der Waals surface area contributed by atoms with Crippen molar-refractivity contribution in [1.29, 1.82) is 0 Å².